The number of carboxylic acid groups (broad SMARTS) is 1. The average molecular weight is 275 g/mol. The highest BCUT2D eigenvalue weighted by molar-refractivity contribution is 5.95. The lowest BCUT2D eigenvalue weighted by atomic mass is 9.99. The van der Waals surface area contributed by atoms with Crippen LogP contribution in [0.1, 0.15) is 22.1 Å². The van der Waals surface area contributed by atoms with Crippen LogP contribution in [0.25, 0.3) is 6.08 Å². The molecule has 1 atom stereocenters. The largest absolute Gasteiger partial charge is 0.478 e. The second-order valence-corrected chi connectivity index (χ2v) is 3.87. The maximum absolute atomic E-state index is 12.9. The number of carboxylic acids is 1. The highest BCUT2D eigenvalue weighted by Crippen LogP contribution is 2.37. The number of alkyl halides is 3. The molecule has 0 bridgehead atoms. The van der Waals surface area contributed by atoms with Crippen molar-refractivity contribution in [2.75, 3.05) is 0 Å². The monoisotopic (exact) mass is 275 g/mol. The molecule has 1 N–H and O–H groups in total. The van der Waals surface area contributed by atoms with Gasteiger partial charge in [0.15, 0.2) is 0 Å². The van der Waals surface area contributed by atoms with Crippen LogP contribution < -0.4 is 4.74 Å². The quantitative estimate of drug-likeness (QED) is 0.902. The normalized spacial score (nSPS) is 21.3. The molecule has 0 aromatic heterocycles. The maximum atomic E-state index is 12.9. The van der Waals surface area contributed by atoms with Gasteiger partial charge in [0.1, 0.15) is 5.75 Å². The zero-order valence-electron chi connectivity index (χ0n) is 12.5. The number of halogens is 3. The molecular weight excluding hydrogens is 261 g/mol. The Morgan fingerprint density at radius 1 is 1.58 bits per heavy atom. The van der Waals surface area contributed by atoms with Crippen molar-refractivity contribution in [2.45, 2.75) is 25.6 Å². The third kappa shape index (κ3) is 2.57. The van der Waals surface area contributed by atoms with E-state index in [9.17, 15) is 18.0 Å². The van der Waals surface area contributed by atoms with E-state index in [2.05, 4.69) is 0 Å². The van der Waals surface area contributed by atoms with Gasteiger partial charge in [-0.05, 0) is 24.1 Å². The Kier molecular flexibility index (Phi) is 2.40. The van der Waals surface area contributed by atoms with Crippen LogP contribution in [0.2, 0.25) is 0 Å². The first kappa shape index (κ1) is 9.89. The Hall–Kier alpha value is -1.98. The molecule has 0 saturated carbocycles. The predicted octanol–water partition coefficient (Wildman–Crippen LogP) is 3.04. The summed E-state index contributed by atoms with van der Waals surface area (Å²) in [5.74, 6) is -2.00. The average Bonchev–Trinajstić information content (AvgIpc) is 2.44. The second kappa shape index (κ2) is 4.60. The molecule has 1 aliphatic rings. The Labute approximate surface area is 111 Å². The Balaban J connectivity index is 2.52. The van der Waals surface area contributed by atoms with Crippen molar-refractivity contribution >= 4 is 12.0 Å². The summed E-state index contributed by atoms with van der Waals surface area (Å²) in [7, 11) is 0. The van der Waals surface area contributed by atoms with E-state index < -0.39 is 37.1 Å². The fourth-order valence-electron chi connectivity index (χ4n) is 1.72. The number of aliphatic carboxylic acids is 1. The number of hydrogen-bond donors (Lipinski definition) is 1. The van der Waals surface area contributed by atoms with Crippen molar-refractivity contribution < 1.29 is 31.9 Å². The van der Waals surface area contributed by atoms with Gasteiger partial charge in [-0.15, -0.1) is 0 Å². The molecule has 2 rings (SSSR count). The fourth-order valence-corrected chi connectivity index (χ4v) is 1.72. The van der Waals surface area contributed by atoms with Gasteiger partial charge in [-0.25, -0.2) is 4.79 Å². The van der Waals surface area contributed by atoms with Crippen LogP contribution in [-0.2, 0) is 11.2 Å². The highest BCUT2D eigenvalue weighted by atomic mass is 19.4. The SMILES string of the molecule is [2H]CC([2H])([2H])c1ccc2c(c1)OC(C(F)(F)F)C(C(=O)O)=C2. The molecule has 6 heteroatoms. The molecule has 102 valence electrons. The first-order chi connectivity index (χ1) is 10.1. The summed E-state index contributed by atoms with van der Waals surface area (Å²) in [6.45, 7) is -0.606. The fraction of sp³-hybridized carbons (Fsp3) is 0.308. The van der Waals surface area contributed by atoms with Gasteiger partial charge >= 0.3 is 12.1 Å². The van der Waals surface area contributed by atoms with Gasteiger partial charge in [-0.3, -0.25) is 0 Å². The maximum Gasteiger partial charge on any atom is 0.430 e. The minimum absolute atomic E-state index is 0.00523. The van der Waals surface area contributed by atoms with Crippen LogP contribution in [0.3, 0.4) is 0 Å². The van der Waals surface area contributed by atoms with Crippen LogP contribution in [0.4, 0.5) is 13.2 Å². The summed E-state index contributed by atoms with van der Waals surface area (Å²) in [5, 5.41) is 8.89. The van der Waals surface area contributed by atoms with E-state index in [4.69, 9.17) is 14.0 Å². The van der Waals surface area contributed by atoms with E-state index in [1.54, 1.807) is 0 Å². The van der Waals surface area contributed by atoms with E-state index >= 15 is 0 Å². The van der Waals surface area contributed by atoms with Gasteiger partial charge in [0.25, 0.3) is 0 Å². The van der Waals surface area contributed by atoms with Crippen molar-refractivity contribution in [3.8, 4) is 5.75 Å². The topological polar surface area (TPSA) is 46.5 Å². The van der Waals surface area contributed by atoms with Crippen LogP contribution in [-0.4, -0.2) is 23.4 Å². The summed E-state index contributed by atoms with van der Waals surface area (Å²) < 4.78 is 65.8. The molecule has 0 radical (unpaired) electrons. The predicted molar refractivity (Wildman–Crippen MR) is 61.9 cm³/mol. The highest BCUT2D eigenvalue weighted by Gasteiger charge is 2.48. The number of benzene rings is 1. The van der Waals surface area contributed by atoms with Crippen molar-refractivity contribution in [2.24, 2.45) is 0 Å². The summed E-state index contributed by atoms with van der Waals surface area (Å²) in [4.78, 5) is 11.0. The van der Waals surface area contributed by atoms with Gasteiger partial charge in [-0.1, -0.05) is 19.0 Å². The zero-order valence-corrected chi connectivity index (χ0v) is 9.49. The lowest BCUT2D eigenvalue weighted by Gasteiger charge is -2.27. The van der Waals surface area contributed by atoms with Gasteiger partial charge in [0.2, 0.25) is 6.10 Å². The molecule has 1 heterocycles. The number of hydrogen-bond acceptors (Lipinski definition) is 2. The number of ether oxygens (including phenoxy) is 1. The summed E-state index contributed by atoms with van der Waals surface area (Å²) in [6, 6.07) is 3.63. The molecule has 1 unspecified atom stereocenters. The Bertz CT molecular complexity index is 641. The minimum atomic E-state index is -4.91. The lowest BCUT2D eigenvalue weighted by molar-refractivity contribution is -0.187. The zero-order chi connectivity index (χ0) is 16.7. The molecule has 1 aromatic rings. The first-order valence-corrected chi connectivity index (χ1v) is 5.18. The molecule has 0 aliphatic carbocycles. The number of rotatable bonds is 2. The molecule has 0 fully saturated rings. The molecule has 19 heavy (non-hydrogen) atoms. The van der Waals surface area contributed by atoms with E-state index in [1.165, 1.54) is 12.1 Å². The minimum Gasteiger partial charge on any atom is -0.478 e. The van der Waals surface area contributed by atoms with E-state index in [1.807, 2.05) is 0 Å². The summed E-state index contributed by atoms with van der Waals surface area (Å²) in [6.07, 6.45) is -8.70. The van der Waals surface area contributed by atoms with E-state index in [-0.39, 0.29) is 16.9 Å². The number of fused-ring (bicyclic) bond motifs is 1. The van der Waals surface area contributed by atoms with Crippen LogP contribution >= 0.6 is 0 Å². The first-order valence-electron chi connectivity index (χ1n) is 6.89. The Morgan fingerprint density at radius 3 is 2.89 bits per heavy atom. The van der Waals surface area contributed by atoms with Crippen molar-refractivity contribution in [3.05, 3.63) is 34.9 Å². The molecule has 0 saturated heterocycles. The molecule has 3 nitrogen and oxygen atoms in total. The standard InChI is InChI=1S/C13H11F3O3/c1-2-7-3-4-8-6-9(12(17)18)11(13(14,15)16)19-10(8)5-7/h3-6,11H,2H2,1H3,(H,17,18)/i1D,2D2. The molecule has 1 aromatic carbocycles. The van der Waals surface area contributed by atoms with Gasteiger partial charge in [0.05, 0.1) is 5.57 Å². The third-order valence-corrected chi connectivity index (χ3v) is 2.60. The third-order valence-electron chi connectivity index (χ3n) is 2.60. The van der Waals surface area contributed by atoms with Crippen LogP contribution in [0, 0.1) is 0 Å². The smallest absolute Gasteiger partial charge is 0.430 e. The van der Waals surface area contributed by atoms with E-state index in [0.29, 0.717) is 0 Å². The Morgan fingerprint density at radius 2 is 2.32 bits per heavy atom. The van der Waals surface area contributed by atoms with Gasteiger partial charge in [-0.2, -0.15) is 13.2 Å². The molecule has 1 aliphatic heterocycles. The van der Waals surface area contributed by atoms with E-state index in [0.717, 1.165) is 12.1 Å². The lowest BCUT2D eigenvalue weighted by Crippen LogP contribution is -2.40. The van der Waals surface area contributed by atoms with Gasteiger partial charge < -0.3 is 9.84 Å². The summed E-state index contributed by atoms with van der Waals surface area (Å²) >= 11 is 0. The van der Waals surface area contributed by atoms with Crippen LogP contribution in [0.5, 0.6) is 5.75 Å². The van der Waals surface area contributed by atoms with Crippen LogP contribution in [0.15, 0.2) is 23.8 Å². The van der Waals surface area contributed by atoms with Crippen molar-refractivity contribution in [3.63, 3.8) is 0 Å². The second-order valence-electron chi connectivity index (χ2n) is 3.87. The summed E-state index contributed by atoms with van der Waals surface area (Å²) in [5.41, 5.74) is -0.826. The molecular formula is C13H11F3O3. The number of carbonyl (C=O) groups is 1. The van der Waals surface area contributed by atoms with Crippen molar-refractivity contribution in [1.82, 2.24) is 0 Å². The molecule has 0 spiro atoms. The van der Waals surface area contributed by atoms with Gasteiger partial charge in [0, 0.05) is 9.68 Å². The molecule has 0 amide bonds. The number of aryl methyl sites for hydroxylation is 1. The van der Waals surface area contributed by atoms with Crippen molar-refractivity contribution in [1.29, 1.82) is 0 Å².